The average molecular weight is 423 g/mol. The van der Waals surface area contributed by atoms with Crippen LogP contribution in [0, 0.1) is 0 Å². The molecule has 1 aliphatic carbocycles. The number of para-hydroxylation sites is 2. The molecule has 9 heteroatoms. The number of anilines is 1. The van der Waals surface area contributed by atoms with Crippen molar-refractivity contribution in [2.24, 2.45) is 0 Å². The zero-order chi connectivity index (χ0) is 21.6. The van der Waals surface area contributed by atoms with E-state index in [1.807, 2.05) is 19.1 Å². The van der Waals surface area contributed by atoms with E-state index in [4.69, 9.17) is 9.47 Å². The Hall–Kier alpha value is -2.97. The van der Waals surface area contributed by atoms with Crippen molar-refractivity contribution in [3.63, 3.8) is 0 Å². The minimum absolute atomic E-state index is 0.00956. The molecule has 0 radical (unpaired) electrons. The van der Waals surface area contributed by atoms with E-state index in [0.29, 0.717) is 43.7 Å². The average Bonchev–Trinajstić information content (AvgIpc) is 2.71. The van der Waals surface area contributed by atoms with Gasteiger partial charge in [0.05, 0.1) is 17.9 Å². The SMILES string of the molecule is CCOc1ccccc1NC(=O)NC1CCC(Oc2ccc(C(F)(F)F)cn2)CC1. The number of carbonyl (C=O) groups is 1. The number of rotatable bonds is 6. The molecule has 1 aromatic carbocycles. The van der Waals surface area contributed by atoms with Crippen LogP contribution >= 0.6 is 0 Å². The fourth-order valence-electron chi connectivity index (χ4n) is 3.31. The molecule has 0 unspecified atom stereocenters. The monoisotopic (exact) mass is 423 g/mol. The van der Waals surface area contributed by atoms with Crippen LogP contribution in [-0.4, -0.2) is 29.8 Å². The van der Waals surface area contributed by atoms with Crippen LogP contribution in [0.25, 0.3) is 0 Å². The zero-order valence-electron chi connectivity index (χ0n) is 16.5. The number of aromatic nitrogens is 1. The number of carbonyl (C=O) groups excluding carboxylic acids is 1. The molecule has 1 aromatic heterocycles. The van der Waals surface area contributed by atoms with Crippen molar-refractivity contribution in [3.05, 3.63) is 48.2 Å². The van der Waals surface area contributed by atoms with Gasteiger partial charge in [-0.25, -0.2) is 9.78 Å². The molecule has 3 rings (SSSR count). The van der Waals surface area contributed by atoms with Crippen LogP contribution in [0.5, 0.6) is 11.6 Å². The molecular weight excluding hydrogens is 399 g/mol. The topological polar surface area (TPSA) is 72.5 Å². The summed E-state index contributed by atoms with van der Waals surface area (Å²) in [5.74, 6) is 0.779. The molecule has 0 spiro atoms. The highest BCUT2D eigenvalue weighted by Gasteiger charge is 2.31. The van der Waals surface area contributed by atoms with Gasteiger partial charge in [-0.2, -0.15) is 13.2 Å². The summed E-state index contributed by atoms with van der Waals surface area (Å²) >= 11 is 0. The molecule has 0 atom stereocenters. The number of urea groups is 1. The van der Waals surface area contributed by atoms with Crippen molar-refractivity contribution < 1.29 is 27.4 Å². The maximum atomic E-state index is 12.6. The predicted octanol–water partition coefficient (Wildman–Crippen LogP) is 5.01. The zero-order valence-corrected chi connectivity index (χ0v) is 16.5. The van der Waals surface area contributed by atoms with Gasteiger partial charge in [0.1, 0.15) is 11.9 Å². The number of nitrogens with zero attached hydrogens (tertiary/aromatic N) is 1. The first kappa shape index (κ1) is 21.7. The van der Waals surface area contributed by atoms with E-state index in [1.165, 1.54) is 6.07 Å². The summed E-state index contributed by atoms with van der Waals surface area (Å²) in [4.78, 5) is 16.1. The van der Waals surface area contributed by atoms with Gasteiger partial charge in [0.15, 0.2) is 0 Å². The van der Waals surface area contributed by atoms with Crippen molar-refractivity contribution in [1.29, 1.82) is 0 Å². The van der Waals surface area contributed by atoms with Gasteiger partial charge in [-0.1, -0.05) is 12.1 Å². The quantitative estimate of drug-likeness (QED) is 0.685. The van der Waals surface area contributed by atoms with Crippen LogP contribution in [0.15, 0.2) is 42.6 Å². The third kappa shape index (κ3) is 6.01. The normalized spacial score (nSPS) is 19.1. The van der Waals surface area contributed by atoms with E-state index in [-0.39, 0.29) is 24.1 Å². The number of alkyl halides is 3. The molecule has 2 amide bonds. The number of ether oxygens (including phenoxy) is 2. The first-order valence-electron chi connectivity index (χ1n) is 9.84. The highest BCUT2D eigenvalue weighted by molar-refractivity contribution is 5.91. The number of hydrogen-bond acceptors (Lipinski definition) is 4. The van der Waals surface area contributed by atoms with Crippen molar-refractivity contribution in [1.82, 2.24) is 10.3 Å². The third-order valence-corrected chi connectivity index (χ3v) is 4.80. The number of hydrogen-bond donors (Lipinski definition) is 2. The van der Waals surface area contributed by atoms with E-state index in [1.54, 1.807) is 12.1 Å². The summed E-state index contributed by atoms with van der Waals surface area (Å²) < 4.78 is 49.0. The maximum absolute atomic E-state index is 12.6. The van der Waals surface area contributed by atoms with E-state index in [2.05, 4.69) is 15.6 Å². The number of benzene rings is 1. The molecule has 30 heavy (non-hydrogen) atoms. The minimum atomic E-state index is -4.42. The molecule has 0 bridgehead atoms. The lowest BCUT2D eigenvalue weighted by Gasteiger charge is -2.29. The van der Waals surface area contributed by atoms with Gasteiger partial charge in [-0.3, -0.25) is 0 Å². The number of pyridine rings is 1. The van der Waals surface area contributed by atoms with Gasteiger partial charge in [0.2, 0.25) is 5.88 Å². The lowest BCUT2D eigenvalue weighted by atomic mass is 9.93. The van der Waals surface area contributed by atoms with Crippen LogP contribution in [0.2, 0.25) is 0 Å². The molecule has 1 saturated carbocycles. The Morgan fingerprint density at radius 1 is 1.13 bits per heavy atom. The maximum Gasteiger partial charge on any atom is 0.417 e. The van der Waals surface area contributed by atoms with Gasteiger partial charge in [0.25, 0.3) is 0 Å². The van der Waals surface area contributed by atoms with Crippen LogP contribution in [0.3, 0.4) is 0 Å². The molecule has 2 N–H and O–H groups in total. The summed E-state index contributed by atoms with van der Waals surface area (Å²) in [6.45, 7) is 2.37. The molecule has 0 aliphatic heterocycles. The van der Waals surface area contributed by atoms with E-state index in [9.17, 15) is 18.0 Å². The predicted molar refractivity (Wildman–Crippen MR) is 106 cm³/mol. The Bertz CT molecular complexity index is 835. The van der Waals surface area contributed by atoms with Crippen LogP contribution in [-0.2, 0) is 6.18 Å². The van der Waals surface area contributed by atoms with Crippen LogP contribution in [0.1, 0.15) is 38.2 Å². The number of nitrogens with one attached hydrogen (secondary N) is 2. The molecule has 1 fully saturated rings. The Morgan fingerprint density at radius 2 is 1.87 bits per heavy atom. The second-order valence-electron chi connectivity index (χ2n) is 7.00. The Balaban J connectivity index is 1.45. The van der Waals surface area contributed by atoms with Gasteiger partial charge in [0, 0.05) is 18.3 Å². The molecule has 0 saturated heterocycles. The van der Waals surface area contributed by atoms with Gasteiger partial charge < -0.3 is 20.1 Å². The molecule has 6 nitrogen and oxygen atoms in total. The number of amides is 2. The Labute approximate surface area is 172 Å². The lowest BCUT2D eigenvalue weighted by molar-refractivity contribution is -0.137. The summed E-state index contributed by atoms with van der Waals surface area (Å²) in [5.41, 5.74) is -0.207. The lowest BCUT2D eigenvalue weighted by Crippen LogP contribution is -2.41. The number of halogens is 3. The summed E-state index contributed by atoms with van der Waals surface area (Å²) in [5, 5.41) is 5.75. The smallest absolute Gasteiger partial charge is 0.417 e. The van der Waals surface area contributed by atoms with Crippen molar-refractivity contribution in [2.45, 2.75) is 50.9 Å². The van der Waals surface area contributed by atoms with Gasteiger partial charge >= 0.3 is 12.2 Å². The summed E-state index contributed by atoms with van der Waals surface area (Å²) in [6, 6.07) is 9.08. The molecule has 2 aromatic rings. The van der Waals surface area contributed by atoms with Crippen molar-refractivity contribution in [3.8, 4) is 11.6 Å². The largest absolute Gasteiger partial charge is 0.492 e. The minimum Gasteiger partial charge on any atom is -0.492 e. The molecule has 162 valence electrons. The highest BCUT2D eigenvalue weighted by atomic mass is 19.4. The first-order valence-corrected chi connectivity index (χ1v) is 9.84. The fourth-order valence-corrected chi connectivity index (χ4v) is 3.31. The van der Waals surface area contributed by atoms with Crippen LogP contribution < -0.4 is 20.1 Å². The van der Waals surface area contributed by atoms with Gasteiger partial charge in [-0.05, 0) is 50.8 Å². The first-order chi connectivity index (χ1) is 14.3. The highest BCUT2D eigenvalue weighted by Crippen LogP contribution is 2.30. The molecular formula is C21H24F3N3O3. The van der Waals surface area contributed by atoms with E-state index in [0.717, 1.165) is 12.3 Å². The summed E-state index contributed by atoms with van der Waals surface area (Å²) in [7, 11) is 0. The summed E-state index contributed by atoms with van der Waals surface area (Å²) in [6.07, 6.45) is -1.05. The Kier molecular flexibility index (Phi) is 7.02. The standard InChI is InChI=1S/C21H24F3N3O3/c1-2-29-18-6-4-3-5-17(18)27-20(28)26-15-8-10-16(11-9-15)30-19-12-7-14(13-25-19)21(22,23)24/h3-7,12-13,15-16H,2,8-11H2,1H3,(H2,26,27,28). The van der Waals surface area contributed by atoms with Crippen molar-refractivity contribution in [2.75, 3.05) is 11.9 Å². The Morgan fingerprint density at radius 3 is 2.50 bits per heavy atom. The fraction of sp³-hybridized carbons (Fsp3) is 0.429. The second-order valence-corrected chi connectivity index (χ2v) is 7.00. The van der Waals surface area contributed by atoms with Crippen molar-refractivity contribution >= 4 is 11.7 Å². The second kappa shape index (κ2) is 9.69. The van der Waals surface area contributed by atoms with E-state index < -0.39 is 11.7 Å². The third-order valence-electron chi connectivity index (χ3n) is 4.80. The van der Waals surface area contributed by atoms with Gasteiger partial charge in [-0.15, -0.1) is 0 Å². The van der Waals surface area contributed by atoms with E-state index >= 15 is 0 Å². The molecule has 1 heterocycles. The van der Waals surface area contributed by atoms with Crippen LogP contribution in [0.4, 0.5) is 23.7 Å². The molecule has 1 aliphatic rings.